The molecule has 1 aliphatic heterocycles. The predicted octanol–water partition coefficient (Wildman–Crippen LogP) is 2.49. The molecule has 9 heteroatoms. The molecule has 0 radical (unpaired) electrons. The van der Waals surface area contributed by atoms with Crippen LogP contribution in [-0.4, -0.2) is 38.2 Å². The van der Waals surface area contributed by atoms with Gasteiger partial charge in [-0.15, -0.1) is 11.3 Å². The van der Waals surface area contributed by atoms with Gasteiger partial charge in [-0.3, -0.25) is 25.0 Å². The lowest BCUT2D eigenvalue weighted by Gasteiger charge is -2.23. The van der Waals surface area contributed by atoms with Crippen molar-refractivity contribution in [2.45, 2.75) is 25.8 Å². The van der Waals surface area contributed by atoms with Gasteiger partial charge in [0, 0.05) is 46.7 Å². The van der Waals surface area contributed by atoms with Gasteiger partial charge in [0.15, 0.2) is 0 Å². The Morgan fingerprint density at radius 1 is 1.24 bits per heavy atom. The number of nitrogen functional groups attached to an aromatic ring is 1. The average molecular weight is 408 g/mol. The van der Waals surface area contributed by atoms with Crippen LogP contribution < -0.4 is 11.3 Å². The highest BCUT2D eigenvalue weighted by atomic mass is 32.1. The lowest BCUT2D eigenvalue weighted by Crippen LogP contribution is -2.32. The Morgan fingerprint density at radius 2 is 2.07 bits per heavy atom. The summed E-state index contributed by atoms with van der Waals surface area (Å²) < 4.78 is 0. The van der Waals surface area contributed by atoms with Gasteiger partial charge in [-0.1, -0.05) is 0 Å². The van der Waals surface area contributed by atoms with Crippen molar-refractivity contribution in [3.05, 3.63) is 64.0 Å². The molecule has 1 saturated heterocycles. The fourth-order valence-corrected chi connectivity index (χ4v) is 4.46. The summed E-state index contributed by atoms with van der Waals surface area (Å²) in [5, 5.41) is 2.94. The quantitative estimate of drug-likeness (QED) is 0.389. The molecule has 2 amide bonds. The summed E-state index contributed by atoms with van der Waals surface area (Å²) in [7, 11) is 0. The number of carbonyl (C=O) groups excluding carboxylic acids is 2. The first-order chi connectivity index (χ1) is 14.1. The van der Waals surface area contributed by atoms with E-state index in [1.165, 1.54) is 0 Å². The van der Waals surface area contributed by atoms with Crippen molar-refractivity contribution in [3.8, 4) is 11.3 Å². The largest absolute Gasteiger partial charge is 0.329 e. The minimum atomic E-state index is -0.474. The van der Waals surface area contributed by atoms with E-state index in [0.717, 1.165) is 23.5 Å². The molecule has 1 aliphatic rings. The highest BCUT2D eigenvalue weighted by molar-refractivity contribution is 7.09. The summed E-state index contributed by atoms with van der Waals surface area (Å²) in [4.78, 5) is 40.3. The molecule has 148 valence electrons. The molecular formula is C20H20N6O2S. The molecule has 29 heavy (non-hydrogen) atoms. The van der Waals surface area contributed by atoms with E-state index in [4.69, 9.17) is 5.84 Å². The molecule has 2 aromatic heterocycles. The van der Waals surface area contributed by atoms with Crippen molar-refractivity contribution < 1.29 is 9.59 Å². The van der Waals surface area contributed by atoms with Gasteiger partial charge >= 0.3 is 0 Å². The standard InChI is InChI=1S/C20H20N6O2S/c1-12-11-29-19(24-12)17-3-2-6-26(17)20(28)15-8-13(16-10-22-4-5-23-16)7-14(9-15)18(27)25-21/h4-5,7-11,17H,2-3,6,21H2,1H3,(H,25,27). The number of amides is 2. The fraction of sp³-hybridized carbons (Fsp3) is 0.250. The minimum absolute atomic E-state index is 0.0480. The Hall–Kier alpha value is -3.17. The van der Waals surface area contributed by atoms with Crippen LogP contribution in [-0.2, 0) is 0 Å². The molecule has 1 unspecified atom stereocenters. The second-order valence-electron chi connectivity index (χ2n) is 6.85. The van der Waals surface area contributed by atoms with Crippen LogP contribution in [0.1, 0.15) is 50.3 Å². The minimum Gasteiger partial charge on any atom is -0.329 e. The van der Waals surface area contributed by atoms with Crippen LogP contribution >= 0.6 is 11.3 Å². The Morgan fingerprint density at radius 3 is 2.76 bits per heavy atom. The number of aryl methyl sites for hydroxylation is 1. The van der Waals surface area contributed by atoms with Crippen LogP contribution in [0, 0.1) is 6.92 Å². The smallest absolute Gasteiger partial charge is 0.265 e. The number of aromatic nitrogens is 3. The third kappa shape index (κ3) is 3.87. The zero-order chi connectivity index (χ0) is 20.4. The number of nitrogens with zero attached hydrogens (tertiary/aromatic N) is 4. The highest BCUT2D eigenvalue weighted by Gasteiger charge is 2.33. The van der Waals surface area contributed by atoms with Gasteiger partial charge in [0.1, 0.15) is 5.01 Å². The van der Waals surface area contributed by atoms with Crippen molar-refractivity contribution >= 4 is 23.2 Å². The van der Waals surface area contributed by atoms with E-state index >= 15 is 0 Å². The van der Waals surface area contributed by atoms with E-state index in [1.807, 2.05) is 17.2 Å². The normalized spacial score (nSPS) is 16.1. The maximum atomic E-state index is 13.4. The first-order valence-electron chi connectivity index (χ1n) is 9.22. The molecule has 0 spiro atoms. The van der Waals surface area contributed by atoms with Crippen LogP contribution in [0.15, 0.2) is 42.2 Å². The second kappa shape index (κ2) is 8.06. The van der Waals surface area contributed by atoms with E-state index < -0.39 is 5.91 Å². The van der Waals surface area contributed by atoms with Crippen LogP contribution in [0.5, 0.6) is 0 Å². The van der Waals surface area contributed by atoms with Crippen LogP contribution in [0.25, 0.3) is 11.3 Å². The van der Waals surface area contributed by atoms with Gasteiger partial charge < -0.3 is 4.90 Å². The molecule has 0 bridgehead atoms. The molecule has 0 saturated carbocycles. The van der Waals surface area contributed by atoms with Gasteiger partial charge in [-0.05, 0) is 38.0 Å². The van der Waals surface area contributed by atoms with E-state index in [0.29, 0.717) is 28.9 Å². The first-order valence-corrected chi connectivity index (χ1v) is 10.1. The molecule has 1 aromatic carbocycles. The van der Waals surface area contributed by atoms with E-state index in [9.17, 15) is 9.59 Å². The summed E-state index contributed by atoms with van der Waals surface area (Å²) in [5.74, 6) is 4.70. The lowest BCUT2D eigenvalue weighted by molar-refractivity contribution is 0.0735. The Balaban J connectivity index is 1.73. The van der Waals surface area contributed by atoms with Gasteiger partial charge in [0.25, 0.3) is 11.8 Å². The second-order valence-corrected chi connectivity index (χ2v) is 7.74. The summed E-state index contributed by atoms with van der Waals surface area (Å²) in [6.07, 6.45) is 6.50. The number of hydrogen-bond donors (Lipinski definition) is 2. The molecule has 4 rings (SSSR count). The summed E-state index contributed by atoms with van der Waals surface area (Å²) >= 11 is 1.57. The number of likely N-dealkylation sites (tertiary alicyclic amines) is 1. The number of rotatable bonds is 4. The summed E-state index contributed by atoms with van der Waals surface area (Å²) in [6.45, 7) is 2.60. The highest BCUT2D eigenvalue weighted by Crippen LogP contribution is 2.35. The molecule has 8 nitrogen and oxygen atoms in total. The molecule has 3 N–H and O–H groups in total. The number of benzene rings is 1. The zero-order valence-corrected chi connectivity index (χ0v) is 16.6. The SMILES string of the molecule is Cc1csc(C2CCCN2C(=O)c2cc(C(=O)NN)cc(-c3cnccn3)c2)n1. The van der Waals surface area contributed by atoms with Crippen molar-refractivity contribution in [2.75, 3.05) is 6.54 Å². The number of hydrogen-bond acceptors (Lipinski definition) is 7. The average Bonchev–Trinajstić information content (AvgIpc) is 3.41. The molecule has 0 aliphatic carbocycles. The molecular weight excluding hydrogens is 388 g/mol. The third-order valence-corrected chi connectivity index (χ3v) is 5.93. The maximum Gasteiger partial charge on any atom is 0.265 e. The Kier molecular flexibility index (Phi) is 5.32. The van der Waals surface area contributed by atoms with Gasteiger partial charge in [-0.25, -0.2) is 10.8 Å². The van der Waals surface area contributed by atoms with Crippen molar-refractivity contribution in [3.63, 3.8) is 0 Å². The molecule has 1 fully saturated rings. The van der Waals surface area contributed by atoms with Crippen LogP contribution in [0.4, 0.5) is 0 Å². The number of thiazole rings is 1. The molecule has 1 atom stereocenters. The number of carbonyl (C=O) groups is 2. The van der Waals surface area contributed by atoms with E-state index in [1.54, 1.807) is 48.1 Å². The summed E-state index contributed by atoms with van der Waals surface area (Å²) in [5.41, 5.74) is 4.98. The monoisotopic (exact) mass is 408 g/mol. The van der Waals surface area contributed by atoms with Crippen molar-refractivity contribution in [1.29, 1.82) is 0 Å². The fourth-order valence-electron chi connectivity index (χ4n) is 3.52. The maximum absolute atomic E-state index is 13.4. The zero-order valence-electron chi connectivity index (χ0n) is 15.8. The Labute approximate surface area is 171 Å². The Bertz CT molecular complexity index is 1050. The van der Waals surface area contributed by atoms with E-state index in [2.05, 4.69) is 20.4 Å². The van der Waals surface area contributed by atoms with Crippen molar-refractivity contribution in [1.82, 2.24) is 25.3 Å². The van der Waals surface area contributed by atoms with Gasteiger partial charge in [-0.2, -0.15) is 0 Å². The lowest BCUT2D eigenvalue weighted by atomic mass is 10.0. The molecule has 3 aromatic rings. The third-order valence-electron chi connectivity index (χ3n) is 4.87. The van der Waals surface area contributed by atoms with Crippen molar-refractivity contribution in [2.24, 2.45) is 5.84 Å². The number of nitrogens with one attached hydrogen (secondary N) is 1. The van der Waals surface area contributed by atoms with Crippen LogP contribution in [0.3, 0.4) is 0 Å². The number of nitrogens with two attached hydrogens (primary N) is 1. The van der Waals surface area contributed by atoms with Crippen LogP contribution in [0.2, 0.25) is 0 Å². The van der Waals surface area contributed by atoms with Gasteiger partial charge in [0.05, 0.1) is 17.9 Å². The predicted molar refractivity (Wildman–Crippen MR) is 109 cm³/mol. The van der Waals surface area contributed by atoms with Gasteiger partial charge in [0.2, 0.25) is 0 Å². The number of hydrazine groups is 1. The topological polar surface area (TPSA) is 114 Å². The van der Waals surface area contributed by atoms with E-state index in [-0.39, 0.29) is 11.9 Å². The first kappa shape index (κ1) is 19.2. The molecule has 3 heterocycles. The summed E-state index contributed by atoms with van der Waals surface area (Å²) in [6, 6.07) is 4.90.